The summed E-state index contributed by atoms with van der Waals surface area (Å²) in [6.07, 6.45) is 0.457. The molecule has 0 saturated carbocycles. The number of amides is 1. The number of rotatable bonds is 9. The van der Waals surface area contributed by atoms with Crippen LogP contribution in [0.25, 0.3) is 0 Å². The van der Waals surface area contributed by atoms with E-state index in [-0.39, 0.29) is 17.6 Å². The molecule has 162 valence electrons. The number of anilines is 1. The number of hydrogen-bond donors (Lipinski definition) is 0. The van der Waals surface area contributed by atoms with Crippen molar-refractivity contribution in [2.75, 3.05) is 52.8 Å². The van der Waals surface area contributed by atoms with Crippen molar-refractivity contribution in [1.82, 2.24) is 19.8 Å². The smallest absolute Gasteiger partial charge is 0.223 e. The molecule has 0 N–H and O–H groups in total. The van der Waals surface area contributed by atoms with Crippen molar-refractivity contribution in [1.29, 1.82) is 0 Å². The summed E-state index contributed by atoms with van der Waals surface area (Å²) in [5, 5.41) is 0. The highest BCUT2D eigenvalue weighted by molar-refractivity contribution is 5.79. The highest BCUT2D eigenvalue weighted by atomic mass is 19.1. The van der Waals surface area contributed by atoms with Crippen molar-refractivity contribution in [3.8, 4) is 0 Å². The molecule has 8 heteroatoms. The van der Waals surface area contributed by atoms with Crippen LogP contribution in [0.4, 0.5) is 10.2 Å². The Balaban J connectivity index is 1.74. The molecule has 0 aliphatic carbocycles. The summed E-state index contributed by atoms with van der Waals surface area (Å²) in [6.45, 7) is 3.00. The molecule has 0 spiro atoms. The fraction of sp³-hybridized carbons (Fsp3) is 0.500. The molecule has 30 heavy (non-hydrogen) atoms. The number of benzene rings is 1. The molecular weight excluding hydrogens is 385 g/mol. The summed E-state index contributed by atoms with van der Waals surface area (Å²) >= 11 is 0. The van der Waals surface area contributed by atoms with E-state index in [2.05, 4.69) is 9.88 Å². The van der Waals surface area contributed by atoms with E-state index in [0.29, 0.717) is 45.0 Å². The average molecular weight is 416 g/mol. The van der Waals surface area contributed by atoms with E-state index < -0.39 is 0 Å². The van der Waals surface area contributed by atoms with Gasteiger partial charge in [-0.05, 0) is 24.7 Å². The maximum absolute atomic E-state index is 13.1. The van der Waals surface area contributed by atoms with Crippen molar-refractivity contribution >= 4 is 11.7 Å². The Morgan fingerprint density at radius 2 is 1.90 bits per heavy atom. The first-order chi connectivity index (χ1) is 14.4. The maximum Gasteiger partial charge on any atom is 0.223 e. The van der Waals surface area contributed by atoms with E-state index >= 15 is 0 Å². The summed E-state index contributed by atoms with van der Waals surface area (Å²) in [5.41, 5.74) is 1.92. The number of carbonyl (C=O) groups is 1. The highest BCUT2D eigenvalue weighted by Gasteiger charge is 2.32. The Hall–Kier alpha value is -2.58. The minimum absolute atomic E-state index is 0.0530. The number of methoxy groups -OCH3 is 1. The van der Waals surface area contributed by atoms with Gasteiger partial charge in [-0.25, -0.2) is 14.4 Å². The fourth-order valence-corrected chi connectivity index (χ4v) is 3.60. The van der Waals surface area contributed by atoms with Crippen LogP contribution in [0.15, 0.2) is 30.3 Å². The summed E-state index contributed by atoms with van der Waals surface area (Å²) < 4.78 is 18.2. The van der Waals surface area contributed by atoms with Gasteiger partial charge in [0.2, 0.25) is 5.91 Å². The molecule has 1 aliphatic rings. The molecular formula is C22H30FN5O2. The third kappa shape index (κ3) is 5.73. The van der Waals surface area contributed by atoms with Crippen LogP contribution in [0, 0.1) is 5.82 Å². The van der Waals surface area contributed by atoms with E-state index in [4.69, 9.17) is 9.72 Å². The van der Waals surface area contributed by atoms with Crippen molar-refractivity contribution in [2.24, 2.45) is 0 Å². The lowest BCUT2D eigenvalue weighted by Gasteiger charge is -2.20. The minimum atomic E-state index is -0.237. The van der Waals surface area contributed by atoms with Gasteiger partial charge in [0.15, 0.2) is 0 Å². The Labute approximate surface area is 177 Å². The zero-order valence-electron chi connectivity index (χ0n) is 18.1. The van der Waals surface area contributed by atoms with Gasteiger partial charge < -0.3 is 14.5 Å². The SMILES string of the molecule is COCCN1CC(c2cc(N(C)C)nc(CN(C)Cc3ccc(F)cc3)n2)CC1=O. The van der Waals surface area contributed by atoms with Crippen LogP contribution in [-0.4, -0.2) is 73.6 Å². The highest BCUT2D eigenvalue weighted by Crippen LogP contribution is 2.28. The Bertz CT molecular complexity index is 859. The lowest BCUT2D eigenvalue weighted by atomic mass is 10.0. The quantitative estimate of drug-likeness (QED) is 0.626. The zero-order valence-corrected chi connectivity index (χ0v) is 18.1. The number of likely N-dealkylation sites (tertiary alicyclic amines) is 1. The van der Waals surface area contributed by atoms with Crippen LogP contribution in [-0.2, 0) is 22.6 Å². The van der Waals surface area contributed by atoms with Gasteiger partial charge in [0.05, 0.1) is 18.8 Å². The fourth-order valence-electron chi connectivity index (χ4n) is 3.60. The van der Waals surface area contributed by atoms with Gasteiger partial charge in [0, 0.05) is 59.2 Å². The predicted octanol–water partition coefficient (Wildman–Crippen LogP) is 2.28. The standard InChI is InChI=1S/C22H30FN5O2/c1-26(2)21-12-19(17-11-22(29)28(14-17)9-10-30-4)24-20(25-21)15-27(3)13-16-5-7-18(23)8-6-16/h5-8,12,17H,9-11,13-15H2,1-4H3. The molecule has 1 unspecified atom stereocenters. The number of carbonyl (C=O) groups excluding carboxylic acids is 1. The number of aromatic nitrogens is 2. The molecule has 1 aliphatic heterocycles. The maximum atomic E-state index is 13.1. The van der Waals surface area contributed by atoms with E-state index in [1.54, 1.807) is 19.2 Å². The second kappa shape index (κ2) is 9.95. The van der Waals surface area contributed by atoms with Crippen LogP contribution in [0.5, 0.6) is 0 Å². The van der Waals surface area contributed by atoms with Crippen LogP contribution in [0.1, 0.15) is 29.4 Å². The zero-order chi connectivity index (χ0) is 21.7. The monoisotopic (exact) mass is 415 g/mol. The molecule has 0 radical (unpaired) electrons. The number of nitrogens with zero attached hydrogens (tertiary/aromatic N) is 5. The van der Waals surface area contributed by atoms with Gasteiger partial charge in [0.25, 0.3) is 0 Å². The van der Waals surface area contributed by atoms with E-state index in [0.717, 1.165) is 17.1 Å². The van der Waals surface area contributed by atoms with Gasteiger partial charge in [-0.1, -0.05) is 12.1 Å². The molecule has 2 aromatic rings. The van der Waals surface area contributed by atoms with Gasteiger partial charge in [-0.15, -0.1) is 0 Å². The first-order valence-corrected chi connectivity index (χ1v) is 10.1. The molecule has 3 rings (SSSR count). The van der Waals surface area contributed by atoms with Crippen molar-refractivity contribution in [2.45, 2.75) is 25.4 Å². The van der Waals surface area contributed by atoms with Crippen LogP contribution < -0.4 is 4.90 Å². The molecule has 1 atom stereocenters. The molecule has 7 nitrogen and oxygen atoms in total. The van der Waals surface area contributed by atoms with E-state index in [1.807, 2.05) is 37.0 Å². The van der Waals surface area contributed by atoms with Gasteiger partial charge in [-0.3, -0.25) is 9.69 Å². The number of hydrogen-bond acceptors (Lipinski definition) is 6. The van der Waals surface area contributed by atoms with Crippen molar-refractivity contribution in [3.63, 3.8) is 0 Å². The lowest BCUT2D eigenvalue weighted by molar-refractivity contribution is -0.128. The van der Waals surface area contributed by atoms with E-state index in [1.165, 1.54) is 12.1 Å². The third-order valence-corrected chi connectivity index (χ3v) is 5.21. The van der Waals surface area contributed by atoms with Crippen LogP contribution in [0.2, 0.25) is 0 Å². The molecule has 1 aromatic carbocycles. The average Bonchev–Trinajstić information content (AvgIpc) is 3.08. The minimum Gasteiger partial charge on any atom is -0.383 e. The summed E-state index contributed by atoms with van der Waals surface area (Å²) in [4.78, 5) is 27.7. The van der Waals surface area contributed by atoms with Gasteiger partial charge >= 0.3 is 0 Å². The second-order valence-electron chi connectivity index (χ2n) is 7.99. The Morgan fingerprint density at radius 3 is 2.57 bits per heavy atom. The van der Waals surface area contributed by atoms with Gasteiger partial charge in [0.1, 0.15) is 17.5 Å². The second-order valence-corrected chi connectivity index (χ2v) is 7.99. The molecule has 1 saturated heterocycles. The number of halogens is 1. The lowest BCUT2D eigenvalue weighted by Crippen LogP contribution is -2.28. The Morgan fingerprint density at radius 1 is 1.17 bits per heavy atom. The molecule has 1 fully saturated rings. The largest absolute Gasteiger partial charge is 0.383 e. The van der Waals surface area contributed by atoms with Crippen LogP contribution >= 0.6 is 0 Å². The summed E-state index contributed by atoms with van der Waals surface area (Å²) in [7, 11) is 7.52. The van der Waals surface area contributed by atoms with Gasteiger partial charge in [-0.2, -0.15) is 0 Å². The Kier molecular flexibility index (Phi) is 7.33. The topological polar surface area (TPSA) is 61.8 Å². The number of ether oxygens (including phenoxy) is 1. The predicted molar refractivity (Wildman–Crippen MR) is 114 cm³/mol. The normalized spacial score (nSPS) is 16.5. The van der Waals surface area contributed by atoms with Crippen molar-refractivity contribution in [3.05, 3.63) is 53.2 Å². The molecule has 0 bridgehead atoms. The molecule has 1 amide bonds. The molecule has 1 aromatic heterocycles. The molecule has 2 heterocycles. The summed E-state index contributed by atoms with van der Waals surface area (Å²) in [5.74, 6) is 1.49. The third-order valence-electron chi connectivity index (χ3n) is 5.21. The first kappa shape index (κ1) is 22.1. The van der Waals surface area contributed by atoms with E-state index in [9.17, 15) is 9.18 Å². The first-order valence-electron chi connectivity index (χ1n) is 10.1. The summed E-state index contributed by atoms with van der Waals surface area (Å²) in [6, 6.07) is 8.48. The van der Waals surface area contributed by atoms with Crippen molar-refractivity contribution < 1.29 is 13.9 Å². The van der Waals surface area contributed by atoms with Crippen LogP contribution in [0.3, 0.4) is 0 Å².